The van der Waals surface area contributed by atoms with Crippen LogP contribution in [0.25, 0.3) is 0 Å². The molecule has 8 heteroatoms. The van der Waals surface area contributed by atoms with Crippen molar-refractivity contribution in [2.75, 3.05) is 6.54 Å². The quantitative estimate of drug-likeness (QED) is 0.455. The predicted molar refractivity (Wildman–Crippen MR) is 102 cm³/mol. The number of aromatic nitrogens is 1. The van der Waals surface area contributed by atoms with Gasteiger partial charge in [0.25, 0.3) is 11.8 Å². The average Bonchev–Trinajstić information content (AvgIpc) is 3.09. The number of Topliss-reactive ketones (excluding diaryl/α,β-unsaturated/α-hetero) is 2. The summed E-state index contributed by atoms with van der Waals surface area (Å²) >= 11 is 0. The van der Waals surface area contributed by atoms with Crippen molar-refractivity contribution < 1.29 is 28.7 Å². The molecule has 0 radical (unpaired) electrons. The SMILES string of the molecule is CC(=O)c1c(C)[nH]c(C(=O)[C@@H](C)OC(=O)CN2C(=O)c3ccccc3C2=O)c1C. The number of ketones is 2. The summed E-state index contributed by atoms with van der Waals surface area (Å²) in [6.07, 6.45) is -1.16. The summed E-state index contributed by atoms with van der Waals surface area (Å²) in [6.45, 7) is 5.53. The molecule has 0 unspecified atom stereocenters. The third kappa shape index (κ3) is 3.49. The van der Waals surface area contributed by atoms with Crippen LogP contribution in [0.15, 0.2) is 24.3 Å². The van der Waals surface area contributed by atoms with Crippen molar-refractivity contribution in [3.05, 3.63) is 57.9 Å². The van der Waals surface area contributed by atoms with Gasteiger partial charge in [-0.1, -0.05) is 12.1 Å². The Morgan fingerprint density at radius 2 is 1.62 bits per heavy atom. The Morgan fingerprint density at radius 3 is 2.10 bits per heavy atom. The molecular weight excluding hydrogens is 376 g/mol. The highest BCUT2D eigenvalue weighted by Crippen LogP contribution is 2.23. The molecule has 1 aromatic carbocycles. The van der Waals surface area contributed by atoms with Gasteiger partial charge in [-0.05, 0) is 45.4 Å². The van der Waals surface area contributed by atoms with Crippen LogP contribution in [0, 0.1) is 13.8 Å². The summed E-state index contributed by atoms with van der Waals surface area (Å²) < 4.78 is 5.15. The van der Waals surface area contributed by atoms with Crippen molar-refractivity contribution in [2.24, 2.45) is 0 Å². The van der Waals surface area contributed by atoms with Crippen LogP contribution in [0.1, 0.15) is 66.7 Å². The van der Waals surface area contributed by atoms with Gasteiger partial charge in [0.1, 0.15) is 6.54 Å². The highest BCUT2D eigenvalue weighted by atomic mass is 16.5. The smallest absolute Gasteiger partial charge is 0.326 e. The van der Waals surface area contributed by atoms with E-state index < -0.39 is 36.2 Å². The van der Waals surface area contributed by atoms with Crippen molar-refractivity contribution in [2.45, 2.75) is 33.8 Å². The zero-order valence-electron chi connectivity index (χ0n) is 16.5. The van der Waals surface area contributed by atoms with Crippen LogP contribution in [0.3, 0.4) is 0 Å². The van der Waals surface area contributed by atoms with Gasteiger partial charge in [0.05, 0.1) is 16.8 Å². The van der Waals surface area contributed by atoms with Crippen LogP contribution in [0.5, 0.6) is 0 Å². The van der Waals surface area contributed by atoms with Crippen LogP contribution in [-0.4, -0.2) is 51.9 Å². The van der Waals surface area contributed by atoms with E-state index in [1.807, 2.05) is 0 Å². The minimum absolute atomic E-state index is 0.175. The maximum atomic E-state index is 12.7. The molecular formula is C21H20N2O6. The molecule has 0 aliphatic carbocycles. The lowest BCUT2D eigenvalue weighted by Crippen LogP contribution is -2.37. The normalized spacial score (nSPS) is 14.0. The number of esters is 1. The molecule has 29 heavy (non-hydrogen) atoms. The van der Waals surface area contributed by atoms with Crippen LogP contribution in [0.2, 0.25) is 0 Å². The topological polar surface area (TPSA) is 114 Å². The third-order valence-electron chi connectivity index (χ3n) is 4.88. The van der Waals surface area contributed by atoms with Crippen LogP contribution >= 0.6 is 0 Å². The number of nitrogens with one attached hydrogen (secondary N) is 1. The van der Waals surface area contributed by atoms with E-state index in [1.165, 1.54) is 26.0 Å². The minimum Gasteiger partial charge on any atom is -0.453 e. The van der Waals surface area contributed by atoms with Gasteiger partial charge >= 0.3 is 5.97 Å². The van der Waals surface area contributed by atoms with Crippen molar-refractivity contribution in [3.8, 4) is 0 Å². The van der Waals surface area contributed by atoms with Gasteiger partial charge < -0.3 is 9.72 Å². The highest BCUT2D eigenvalue weighted by Gasteiger charge is 2.37. The first-order valence-electron chi connectivity index (χ1n) is 9.02. The molecule has 1 aromatic heterocycles. The number of H-pyrrole nitrogens is 1. The Morgan fingerprint density at radius 1 is 1.07 bits per heavy atom. The number of carbonyl (C=O) groups excluding carboxylic acids is 5. The van der Waals surface area contributed by atoms with Crippen molar-refractivity contribution in [1.29, 1.82) is 0 Å². The van der Waals surface area contributed by atoms with Gasteiger partial charge in [0.15, 0.2) is 11.9 Å². The molecule has 2 aromatic rings. The van der Waals surface area contributed by atoms with E-state index in [1.54, 1.807) is 26.0 Å². The van der Waals surface area contributed by atoms with Crippen molar-refractivity contribution >= 4 is 29.4 Å². The molecule has 1 N–H and O–H groups in total. The second-order valence-electron chi connectivity index (χ2n) is 6.92. The molecule has 0 fully saturated rings. The number of hydrogen-bond acceptors (Lipinski definition) is 6. The fourth-order valence-corrected chi connectivity index (χ4v) is 3.53. The lowest BCUT2D eigenvalue weighted by molar-refractivity contribution is -0.146. The van der Waals surface area contributed by atoms with Gasteiger partial charge in [0.2, 0.25) is 5.78 Å². The second kappa shape index (κ2) is 7.46. The number of ether oxygens (including phenoxy) is 1. The molecule has 2 heterocycles. The van der Waals surface area contributed by atoms with E-state index in [0.29, 0.717) is 16.8 Å². The maximum Gasteiger partial charge on any atom is 0.326 e. The summed E-state index contributed by atoms with van der Waals surface area (Å²) in [6, 6.07) is 6.27. The Bertz CT molecular complexity index is 1030. The summed E-state index contributed by atoms with van der Waals surface area (Å²) in [5, 5.41) is 0. The van der Waals surface area contributed by atoms with E-state index in [9.17, 15) is 24.0 Å². The number of nitrogens with zero attached hydrogens (tertiary/aromatic N) is 1. The number of amides is 2. The Labute approximate surface area is 166 Å². The fraction of sp³-hybridized carbons (Fsp3) is 0.286. The number of aryl methyl sites for hydroxylation is 1. The number of hydrogen-bond donors (Lipinski definition) is 1. The van der Waals surface area contributed by atoms with Gasteiger partial charge in [-0.15, -0.1) is 0 Å². The minimum atomic E-state index is -1.16. The van der Waals surface area contributed by atoms with Crippen LogP contribution in [-0.2, 0) is 9.53 Å². The first-order valence-corrected chi connectivity index (χ1v) is 9.02. The molecule has 8 nitrogen and oxygen atoms in total. The number of rotatable bonds is 6. The van der Waals surface area contributed by atoms with E-state index in [2.05, 4.69) is 4.98 Å². The predicted octanol–water partition coefficient (Wildman–Crippen LogP) is 2.24. The van der Waals surface area contributed by atoms with Gasteiger partial charge in [0, 0.05) is 11.3 Å². The molecule has 150 valence electrons. The van der Waals surface area contributed by atoms with E-state index in [0.717, 1.165) is 4.90 Å². The third-order valence-corrected chi connectivity index (χ3v) is 4.88. The summed E-state index contributed by atoms with van der Waals surface area (Å²) in [5.74, 6) is -2.72. The molecule has 1 aliphatic heterocycles. The standard InChI is InChI=1S/C21H20N2O6/c1-10-17(12(3)24)11(2)22-18(10)19(26)13(4)29-16(25)9-23-20(27)14-7-5-6-8-15(14)21(23)28/h5-8,13,22H,9H2,1-4H3/t13-/m1/s1. The summed E-state index contributed by atoms with van der Waals surface area (Å²) in [4.78, 5) is 65.0. The first-order chi connectivity index (χ1) is 13.6. The largest absolute Gasteiger partial charge is 0.453 e. The van der Waals surface area contributed by atoms with Gasteiger partial charge in [-0.25, -0.2) is 0 Å². The summed E-state index contributed by atoms with van der Waals surface area (Å²) in [7, 11) is 0. The monoisotopic (exact) mass is 396 g/mol. The lowest BCUT2D eigenvalue weighted by Gasteiger charge is -2.16. The molecule has 0 bridgehead atoms. The van der Waals surface area contributed by atoms with Crippen LogP contribution < -0.4 is 0 Å². The number of benzene rings is 1. The van der Waals surface area contributed by atoms with E-state index >= 15 is 0 Å². The van der Waals surface area contributed by atoms with Crippen molar-refractivity contribution in [3.63, 3.8) is 0 Å². The lowest BCUT2D eigenvalue weighted by atomic mass is 10.0. The molecule has 0 saturated carbocycles. The van der Waals surface area contributed by atoms with Crippen LogP contribution in [0.4, 0.5) is 0 Å². The highest BCUT2D eigenvalue weighted by molar-refractivity contribution is 6.22. The number of imide groups is 1. The van der Waals surface area contributed by atoms with Gasteiger partial charge in [-0.3, -0.25) is 28.9 Å². The Kier molecular flexibility index (Phi) is 5.19. The Balaban J connectivity index is 1.70. The maximum absolute atomic E-state index is 12.7. The molecule has 0 saturated heterocycles. The summed E-state index contributed by atoms with van der Waals surface area (Å²) in [5.41, 5.74) is 2.12. The second-order valence-corrected chi connectivity index (χ2v) is 6.92. The zero-order chi connectivity index (χ0) is 21.5. The number of carbonyl (C=O) groups is 5. The van der Waals surface area contributed by atoms with Gasteiger partial charge in [-0.2, -0.15) is 0 Å². The fourth-order valence-electron chi connectivity index (χ4n) is 3.53. The Hall–Kier alpha value is -3.55. The zero-order valence-corrected chi connectivity index (χ0v) is 16.5. The number of aromatic amines is 1. The molecule has 1 aliphatic rings. The van der Waals surface area contributed by atoms with Crippen molar-refractivity contribution in [1.82, 2.24) is 9.88 Å². The van der Waals surface area contributed by atoms with E-state index in [4.69, 9.17) is 4.74 Å². The van der Waals surface area contributed by atoms with E-state index in [-0.39, 0.29) is 22.6 Å². The number of fused-ring (bicyclic) bond motifs is 1. The molecule has 2 amide bonds. The molecule has 1 atom stereocenters. The first kappa shape index (κ1) is 20.2. The molecule has 3 rings (SSSR count). The molecule has 0 spiro atoms. The average molecular weight is 396 g/mol.